The number of benzene rings is 2. The lowest BCUT2D eigenvalue weighted by molar-refractivity contribution is -0.118. The van der Waals surface area contributed by atoms with Gasteiger partial charge in [0, 0.05) is 33.1 Å². The van der Waals surface area contributed by atoms with E-state index in [9.17, 15) is 9.59 Å². The van der Waals surface area contributed by atoms with Crippen molar-refractivity contribution in [1.82, 2.24) is 4.98 Å². The number of rotatable bonds is 5. The highest BCUT2D eigenvalue weighted by molar-refractivity contribution is 7.14. The number of aromatic nitrogens is 1. The van der Waals surface area contributed by atoms with E-state index in [4.69, 9.17) is 11.6 Å². The number of nitrogens with one attached hydrogen (secondary N) is 2. The van der Waals surface area contributed by atoms with Crippen molar-refractivity contribution in [2.24, 2.45) is 5.92 Å². The van der Waals surface area contributed by atoms with Crippen LogP contribution in [-0.2, 0) is 4.79 Å². The number of thiazole rings is 1. The molecule has 2 N–H and O–H groups in total. The molecule has 1 aromatic heterocycles. The van der Waals surface area contributed by atoms with Crippen LogP contribution in [0.15, 0.2) is 53.9 Å². The number of anilines is 2. The minimum absolute atomic E-state index is 0.0651. The minimum Gasteiger partial charge on any atom is -0.326 e. The first-order valence-corrected chi connectivity index (χ1v) is 9.62. The Kier molecular flexibility index (Phi) is 5.88. The molecule has 0 fully saturated rings. The first-order chi connectivity index (χ1) is 12.9. The predicted molar refractivity (Wildman–Crippen MR) is 110 cm³/mol. The van der Waals surface area contributed by atoms with E-state index in [2.05, 4.69) is 15.6 Å². The fraction of sp³-hybridized carbons (Fsp3) is 0.150. The van der Waals surface area contributed by atoms with Gasteiger partial charge in [-0.1, -0.05) is 37.6 Å². The van der Waals surface area contributed by atoms with Crippen molar-refractivity contribution in [3.63, 3.8) is 0 Å². The van der Waals surface area contributed by atoms with Gasteiger partial charge in [0.2, 0.25) is 5.91 Å². The second-order valence-electron chi connectivity index (χ2n) is 6.22. The summed E-state index contributed by atoms with van der Waals surface area (Å²) in [6.45, 7) is 3.65. The van der Waals surface area contributed by atoms with E-state index >= 15 is 0 Å². The third-order valence-electron chi connectivity index (χ3n) is 3.80. The van der Waals surface area contributed by atoms with E-state index in [1.54, 1.807) is 36.4 Å². The summed E-state index contributed by atoms with van der Waals surface area (Å²) >= 11 is 7.25. The largest absolute Gasteiger partial charge is 0.326 e. The lowest BCUT2D eigenvalue weighted by Gasteiger charge is -2.08. The van der Waals surface area contributed by atoms with Crippen LogP contribution in [0.1, 0.15) is 24.2 Å². The molecule has 0 saturated heterocycles. The monoisotopic (exact) mass is 399 g/mol. The molecule has 3 rings (SSSR count). The third-order valence-corrected chi connectivity index (χ3v) is 4.81. The third kappa shape index (κ3) is 4.93. The summed E-state index contributed by atoms with van der Waals surface area (Å²) < 4.78 is 0. The second-order valence-corrected chi connectivity index (χ2v) is 7.51. The first kappa shape index (κ1) is 19.1. The zero-order valence-electron chi connectivity index (χ0n) is 14.8. The molecule has 1 heterocycles. The SMILES string of the molecule is CC(C)C(=O)Nc1ccc(C(=O)Nc2nc(-c3ccc(Cl)cc3)cs2)cc1. The minimum atomic E-state index is -0.256. The van der Waals surface area contributed by atoms with Crippen molar-refractivity contribution in [2.75, 3.05) is 10.6 Å². The molecular weight excluding hydrogens is 382 g/mol. The lowest BCUT2D eigenvalue weighted by atomic mass is 10.1. The van der Waals surface area contributed by atoms with Crippen molar-refractivity contribution in [3.8, 4) is 11.3 Å². The number of amides is 2. The summed E-state index contributed by atoms with van der Waals surface area (Å²) in [5.74, 6) is -0.425. The van der Waals surface area contributed by atoms with E-state index in [1.165, 1.54) is 11.3 Å². The van der Waals surface area contributed by atoms with E-state index in [1.807, 2.05) is 31.4 Å². The summed E-state index contributed by atoms with van der Waals surface area (Å²) in [7, 11) is 0. The quantitative estimate of drug-likeness (QED) is 0.610. The van der Waals surface area contributed by atoms with Crippen LogP contribution in [0.3, 0.4) is 0 Å². The first-order valence-electron chi connectivity index (χ1n) is 8.36. The van der Waals surface area contributed by atoms with Crippen LogP contribution in [0.25, 0.3) is 11.3 Å². The number of carbonyl (C=O) groups excluding carboxylic acids is 2. The Morgan fingerprint density at radius 3 is 2.30 bits per heavy atom. The number of hydrogen-bond donors (Lipinski definition) is 2. The standard InChI is InChI=1S/C20H18ClN3O2S/c1-12(2)18(25)22-16-9-5-14(6-10-16)19(26)24-20-23-17(11-27-20)13-3-7-15(21)8-4-13/h3-12H,1-2H3,(H,22,25)(H,23,24,26). The maximum atomic E-state index is 12.4. The van der Waals surface area contributed by atoms with Gasteiger partial charge in [-0.2, -0.15) is 0 Å². The van der Waals surface area contributed by atoms with Gasteiger partial charge in [0.25, 0.3) is 5.91 Å². The highest BCUT2D eigenvalue weighted by atomic mass is 35.5. The molecule has 2 amide bonds. The van der Waals surface area contributed by atoms with Gasteiger partial charge in [0.05, 0.1) is 5.69 Å². The zero-order valence-corrected chi connectivity index (χ0v) is 16.4. The second kappa shape index (κ2) is 8.33. The molecule has 0 atom stereocenters. The molecule has 0 radical (unpaired) electrons. The Labute approximate surface area is 166 Å². The normalized spacial score (nSPS) is 10.7. The maximum absolute atomic E-state index is 12.4. The lowest BCUT2D eigenvalue weighted by Crippen LogP contribution is -2.18. The molecule has 2 aromatic carbocycles. The summed E-state index contributed by atoms with van der Waals surface area (Å²) in [4.78, 5) is 28.5. The van der Waals surface area contributed by atoms with E-state index in [-0.39, 0.29) is 17.7 Å². The summed E-state index contributed by atoms with van der Waals surface area (Å²) in [6, 6.07) is 14.1. The van der Waals surface area contributed by atoms with Gasteiger partial charge in [-0.25, -0.2) is 4.98 Å². The molecule has 5 nitrogen and oxygen atoms in total. The number of halogens is 1. The van der Waals surface area contributed by atoms with Crippen molar-refractivity contribution in [1.29, 1.82) is 0 Å². The molecule has 138 valence electrons. The molecule has 0 saturated carbocycles. The number of nitrogens with zero attached hydrogens (tertiary/aromatic N) is 1. The van der Waals surface area contributed by atoms with E-state index in [0.717, 1.165) is 11.3 Å². The van der Waals surface area contributed by atoms with Crippen molar-refractivity contribution in [3.05, 3.63) is 64.5 Å². The van der Waals surface area contributed by atoms with Gasteiger partial charge in [0.1, 0.15) is 0 Å². The smallest absolute Gasteiger partial charge is 0.257 e. The van der Waals surface area contributed by atoms with Gasteiger partial charge in [0.15, 0.2) is 5.13 Å². The molecule has 0 aliphatic carbocycles. The van der Waals surface area contributed by atoms with Crippen LogP contribution in [0.5, 0.6) is 0 Å². The van der Waals surface area contributed by atoms with Crippen LogP contribution in [0, 0.1) is 5.92 Å². The van der Waals surface area contributed by atoms with Crippen molar-refractivity contribution < 1.29 is 9.59 Å². The van der Waals surface area contributed by atoms with Gasteiger partial charge >= 0.3 is 0 Å². The summed E-state index contributed by atoms with van der Waals surface area (Å²) in [5, 5.41) is 8.64. The van der Waals surface area contributed by atoms with Gasteiger partial charge in [-0.15, -0.1) is 11.3 Å². The Balaban J connectivity index is 1.65. The van der Waals surface area contributed by atoms with Gasteiger partial charge < -0.3 is 5.32 Å². The number of hydrogen-bond acceptors (Lipinski definition) is 4. The zero-order chi connectivity index (χ0) is 19.4. The topological polar surface area (TPSA) is 71.1 Å². The molecule has 3 aromatic rings. The van der Waals surface area contributed by atoms with Crippen LogP contribution < -0.4 is 10.6 Å². The Bertz CT molecular complexity index is 950. The maximum Gasteiger partial charge on any atom is 0.257 e. The van der Waals surface area contributed by atoms with Crippen molar-refractivity contribution in [2.45, 2.75) is 13.8 Å². The van der Waals surface area contributed by atoms with Crippen LogP contribution in [0.2, 0.25) is 5.02 Å². The van der Waals surface area contributed by atoms with Crippen LogP contribution in [0.4, 0.5) is 10.8 Å². The molecule has 27 heavy (non-hydrogen) atoms. The van der Waals surface area contributed by atoms with Crippen LogP contribution >= 0.6 is 22.9 Å². The number of carbonyl (C=O) groups is 2. The Morgan fingerprint density at radius 1 is 1.00 bits per heavy atom. The summed E-state index contributed by atoms with van der Waals surface area (Å²) in [5.41, 5.74) is 2.85. The average molecular weight is 400 g/mol. The Hall–Kier alpha value is -2.70. The highest BCUT2D eigenvalue weighted by Gasteiger charge is 2.11. The Morgan fingerprint density at radius 2 is 1.67 bits per heavy atom. The molecule has 0 aliphatic heterocycles. The van der Waals surface area contributed by atoms with Gasteiger partial charge in [-0.3, -0.25) is 14.9 Å². The van der Waals surface area contributed by atoms with E-state index < -0.39 is 0 Å². The molecule has 0 bridgehead atoms. The molecule has 7 heteroatoms. The molecule has 0 aliphatic rings. The average Bonchev–Trinajstić information content (AvgIpc) is 3.11. The van der Waals surface area contributed by atoms with E-state index in [0.29, 0.717) is 21.4 Å². The predicted octanol–water partition coefficient (Wildman–Crippen LogP) is 5.31. The molecule has 0 spiro atoms. The van der Waals surface area contributed by atoms with Crippen LogP contribution in [-0.4, -0.2) is 16.8 Å². The van der Waals surface area contributed by atoms with Crippen molar-refractivity contribution >= 4 is 45.6 Å². The fourth-order valence-corrected chi connectivity index (χ4v) is 3.09. The fourth-order valence-electron chi connectivity index (χ4n) is 2.25. The summed E-state index contributed by atoms with van der Waals surface area (Å²) in [6.07, 6.45) is 0. The molecule has 0 unspecified atom stereocenters. The van der Waals surface area contributed by atoms with Gasteiger partial charge in [-0.05, 0) is 36.4 Å². The molecular formula is C20H18ClN3O2S. The highest BCUT2D eigenvalue weighted by Crippen LogP contribution is 2.26.